The van der Waals surface area contributed by atoms with Gasteiger partial charge in [0.05, 0.1) is 0 Å². The van der Waals surface area contributed by atoms with Crippen LogP contribution in [0.3, 0.4) is 0 Å². The summed E-state index contributed by atoms with van der Waals surface area (Å²) in [5.74, 6) is 2.50. The molecule has 2 aromatic heterocycles. The summed E-state index contributed by atoms with van der Waals surface area (Å²) >= 11 is 6.05. The van der Waals surface area contributed by atoms with E-state index in [1.54, 1.807) is 12.1 Å². The average molecular weight is 351 g/mol. The number of anilines is 2. The third-order valence-electron chi connectivity index (χ3n) is 3.68. The minimum Gasteiger partial charge on any atom is -0.438 e. The predicted octanol–water partition coefficient (Wildman–Crippen LogP) is 5.46. The molecule has 0 radical (unpaired) electrons. The van der Waals surface area contributed by atoms with Crippen LogP contribution in [0.15, 0.2) is 60.7 Å². The van der Waals surface area contributed by atoms with E-state index in [0.717, 1.165) is 16.5 Å². The molecule has 0 fully saturated rings. The fraction of sp³-hybridized carbons (Fsp3) is 0.0526. The van der Waals surface area contributed by atoms with Gasteiger partial charge in [-0.25, -0.2) is 0 Å². The van der Waals surface area contributed by atoms with Crippen LogP contribution in [0.2, 0.25) is 5.02 Å². The molecular weight excluding hydrogens is 336 g/mol. The van der Waals surface area contributed by atoms with Gasteiger partial charge in [0.2, 0.25) is 5.88 Å². The van der Waals surface area contributed by atoms with Crippen molar-refractivity contribution in [2.24, 2.45) is 0 Å². The summed E-state index contributed by atoms with van der Waals surface area (Å²) in [4.78, 5) is 4.60. The molecule has 124 valence electrons. The molecular formula is C19H15ClN4O. The van der Waals surface area contributed by atoms with E-state index in [1.165, 1.54) is 0 Å². The van der Waals surface area contributed by atoms with Gasteiger partial charge in [0, 0.05) is 22.2 Å². The summed E-state index contributed by atoms with van der Waals surface area (Å²) in [6.07, 6.45) is 0. The molecule has 0 bridgehead atoms. The zero-order chi connectivity index (χ0) is 17.2. The van der Waals surface area contributed by atoms with Gasteiger partial charge >= 0.3 is 0 Å². The Kier molecular flexibility index (Phi) is 3.99. The number of ether oxygens (including phenoxy) is 1. The van der Waals surface area contributed by atoms with E-state index in [2.05, 4.69) is 20.5 Å². The average Bonchev–Trinajstić information content (AvgIpc) is 3.00. The number of rotatable bonds is 4. The van der Waals surface area contributed by atoms with Crippen LogP contribution in [0.5, 0.6) is 11.6 Å². The third-order valence-corrected chi connectivity index (χ3v) is 3.91. The number of hydrogen-bond donors (Lipinski definition) is 2. The molecule has 0 saturated heterocycles. The lowest BCUT2D eigenvalue weighted by molar-refractivity contribution is 0.470. The van der Waals surface area contributed by atoms with Crippen molar-refractivity contribution in [1.29, 1.82) is 0 Å². The lowest BCUT2D eigenvalue weighted by Crippen LogP contribution is -1.97. The number of H-pyrrole nitrogens is 1. The molecule has 2 N–H and O–H groups in total. The molecule has 5 nitrogen and oxygen atoms in total. The van der Waals surface area contributed by atoms with Crippen LogP contribution >= 0.6 is 11.6 Å². The number of pyridine rings is 1. The highest BCUT2D eigenvalue weighted by Crippen LogP contribution is 2.31. The van der Waals surface area contributed by atoms with Gasteiger partial charge in [-0.05, 0) is 42.6 Å². The van der Waals surface area contributed by atoms with Crippen LogP contribution in [0.25, 0.3) is 10.8 Å². The zero-order valence-electron chi connectivity index (χ0n) is 13.5. The molecule has 0 aliphatic rings. The molecule has 0 unspecified atom stereocenters. The van der Waals surface area contributed by atoms with Crippen molar-refractivity contribution in [1.82, 2.24) is 15.2 Å². The van der Waals surface area contributed by atoms with Crippen LogP contribution in [0.1, 0.15) is 5.69 Å². The number of nitrogens with zero attached hydrogens (tertiary/aromatic N) is 2. The van der Waals surface area contributed by atoms with Crippen molar-refractivity contribution in [2.75, 3.05) is 5.32 Å². The number of halogens is 1. The van der Waals surface area contributed by atoms with Crippen LogP contribution in [-0.4, -0.2) is 15.2 Å². The van der Waals surface area contributed by atoms with Crippen molar-refractivity contribution in [3.63, 3.8) is 0 Å². The standard InChI is InChI=1S/C19H15ClN4O/c1-12-9-18(24-23-12)21-17-10-13-5-2-3-8-16(13)19(22-17)25-15-7-4-6-14(20)11-15/h2-11H,1H3,(H2,21,22,23,24). The van der Waals surface area contributed by atoms with Crippen molar-refractivity contribution < 1.29 is 4.74 Å². The second kappa shape index (κ2) is 6.45. The second-order valence-corrected chi connectivity index (χ2v) is 6.09. The molecule has 0 spiro atoms. The smallest absolute Gasteiger partial charge is 0.229 e. The molecule has 2 heterocycles. The SMILES string of the molecule is Cc1cc(Nc2cc3ccccc3c(Oc3cccc(Cl)c3)n2)n[nH]1. The van der Waals surface area contributed by atoms with Gasteiger partial charge in [-0.2, -0.15) is 10.1 Å². The molecule has 0 aliphatic heterocycles. The van der Waals surface area contributed by atoms with Crippen LogP contribution in [0.4, 0.5) is 11.6 Å². The number of fused-ring (bicyclic) bond motifs is 1. The lowest BCUT2D eigenvalue weighted by atomic mass is 10.1. The van der Waals surface area contributed by atoms with Crippen molar-refractivity contribution in [3.8, 4) is 11.6 Å². The number of aromatic amines is 1. The Morgan fingerprint density at radius 3 is 2.68 bits per heavy atom. The molecule has 0 aliphatic carbocycles. The number of nitrogens with one attached hydrogen (secondary N) is 2. The molecule has 4 aromatic rings. The lowest BCUT2D eigenvalue weighted by Gasteiger charge is -2.11. The summed E-state index contributed by atoms with van der Waals surface area (Å²) in [6, 6.07) is 19.1. The van der Waals surface area contributed by atoms with Gasteiger partial charge in [0.1, 0.15) is 11.6 Å². The van der Waals surface area contributed by atoms with E-state index in [0.29, 0.717) is 28.3 Å². The van der Waals surface area contributed by atoms with E-state index < -0.39 is 0 Å². The van der Waals surface area contributed by atoms with E-state index in [1.807, 2.05) is 55.5 Å². The number of aryl methyl sites for hydroxylation is 1. The van der Waals surface area contributed by atoms with Crippen LogP contribution in [-0.2, 0) is 0 Å². The van der Waals surface area contributed by atoms with Crippen molar-refractivity contribution in [2.45, 2.75) is 6.92 Å². The first-order valence-corrected chi connectivity index (χ1v) is 8.17. The summed E-state index contributed by atoms with van der Waals surface area (Å²) < 4.78 is 5.99. The highest BCUT2D eigenvalue weighted by molar-refractivity contribution is 6.30. The van der Waals surface area contributed by atoms with E-state index in [4.69, 9.17) is 16.3 Å². The topological polar surface area (TPSA) is 62.8 Å². The minimum absolute atomic E-state index is 0.509. The highest BCUT2D eigenvalue weighted by atomic mass is 35.5. The third kappa shape index (κ3) is 3.41. The Morgan fingerprint density at radius 2 is 1.88 bits per heavy atom. The maximum atomic E-state index is 6.05. The first kappa shape index (κ1) is 15.5. The van der Waals surface area contributed by atoms with Crippen molar-refractivity contribution in [3.05, 3.63) is 71.4 Å². The minimum atomic E-state index is 0.509. The largest absolute Gasteiger partial charge is 0.438 e. The molecule has 25 heavy (non-hydrogen) atoms. The maximum absolute atomic E-state index is 6.05. The van der Waals surface area contributed by atoms with Crippen LogP contribution in [0, 0.1) is 6.92 Å². The second-order valence-electron chi connectivity index (χ2n) is 5.65. The first-order valence-electron chi connectivity index (χ1n) is 7.80. The van der Waals surface area contributed by atoms with Gasteiger partial charge in [0.25, 0.3) is 0 Å². The van der Waals surface area contributed by atoms with Gasteiger partial charge in [-0.3, -0.25) is 5.10 Å². The fourth-order valence-corrected chi connectivity index (χ4v) is 2.74. The summed E-state index contributed by atoms with van der Waals surface area (Å²) in [5, 5.41) is 12.8. The summed E-state index contributed by atoms with van der Waals surface area (Å²) in [5.41, 5.74) is 0.971. The Balaban J connectivity index is 1.75. The van der Waals surface area contributed by atoms with E-state index >= 15 is 0 Å². The highest BCUT2D eigenvalue weighted by Gasteiger charge is 2.10. The quantitative estimate of drug-likeness (QED) is 0.513. The number of aromatic nitrogens is 3. The van der Waals surface area contributed by atoms with Crippen molar-refractivity contribution >= 4 is 34.0 Å². The molecule has 0 saturated carbocycles. The van der Waals surface area contributed by atoms with Gasteiger partial charge < -0.3 is 10.1 Å². The number of hydrogen-bond acceptors (Lipinski definition) is 4. The number of benzene rings is 2. The van der Waals surface area contributed by atoms with Gasteiger partial charge in [0.15, 0.2) is 5.82 Å². The Morgan fingerprint density at radius 1 is 1.00 bits per heavy atom. The predicted molar refractivity (Wildman–Crippen MR) is 99.9 cm³/mol. The van der Waals surface area contributed by atoms with Gasteiger partial charge in [-0.1, -0.05) is 35.9 Å². The fourth-order valence-electron chi connectivity index (χ4n) is 2.56. The monoisotopic (exact) mass is 350 g/mol. The van der Waals surface area contributed by atoms with E-state index in [-0.39, 0.29) is 0 Å². The maximum Gasteiger partial charge on any atom is 0.229 e. The Bertz CT molecular complexity index is 1040. The van der Waals surface area contributed by atoms with E-state index in [9.17, 15) is 0 Å². The zero-order valence-corrected chi connectivity index (χ0v) is 14.2. The van der Waals surface area contributed by atoms with Crippen LogP contribution < -0.4 is 10.1 Å². The summed E-state index contributed by atoms with van der Waals surface area (Å²) in [7, 11) is 0. The molecule has 4 rings (SSSR count). The normalized spacial score (nSPS) is 10.8. The first-order chi connectivity index (χ1) is 12.2. The Hall–Kier alpha value is -3.05. The summed E-state index contributed by atoms with van der Waals surface area (Å²) in [6.45, 7) is 1.94. The molecule has 0 atom stereocenters. The van der Waals surface area contributed by atoms with Gasteiger partial charge in [-0.15, -0.1) is 0 Å². The molecule has 2 aromatic carbocycles. The molecule has 6 heteroatoms. The Labute approximate surface area is 149 Å². The molecule has 0 amide bonds.